The molecule has 1 aliphatic heterocycles. The van der Waals surface area contributed by atoms with Crippen molar-refractivity contribution >= 4 is 38.9 Å². The summed E-state index contributed by atoms with van der Waals surface area (Å²) in [5, 5.41) is 0.472. The number of piperazine rings is 1. The van der Waals surface area contributed by atoms with Crippen LogP contribution in [0.2, 0.25) is 5.02 Å². The molecule has 0 spiro atoms. The third kappa shape index (κ3) is 4.42. The summed E-state index contributed by atoms with van der Waals surface area (Å²) in [6, 6.07) is 11.8. The fraction of sp³-hybridized carbons (Fsp3) is 0.350. The van der Waals surface area contributed by atoms with E-state index in [2.05, 4.69) is 4.72 Å². The lowest BCUT2D eigenvalue weighted by Crippen LogP contribution is -2.48. The fourth-order valence-corrected chi connectivity index (χ4v) is 4.60. The molecule has 8 heteroatoms. The first-order valence-electron chi connectivity index (χ1n) is 9.22. The Morgan fingerprint density at radius 3 is 2.32 bits per heavy atom. The standard InChI is InChI=1S/C20H24ClN3O3S/c1-3-19(25)23-11-13-24(14-12-23)20-17(21)5-4-6-18(20)22-28(26,27)16-9-7-15(2)8-10-16/h4-10,22H,3,11-14H2,1-2H3. The Bertz CT molecular complexity index is 953. The normalized spacial score (nSPS) is 14.8. The minimum absolute atomic E-state index is 0.124. The topological polar surface area (TPSA) is 69.7 Å². The molecule has 0 radical (unpaired) electrons. The van der Waals surface area contributed by atoms with Crippen LogP contribution in [0.1, 0.15) is 18.9 Å². The number of hydrogen-bond donors (Lipinski definition) is 1. The van der Waals surface area contributed by atoms with Gasteiger partial charge in [0.1, 0.15) is 0 Å². The molecular weight excluding hydrogens is 398 g/mol. The van der Waals surface area contributed by atoms with Gasteiger partial charge >= 0.3 is 0 Å². The van der Waals surface area contributed by atoms with E-state index in [0.717, 1.165) is 5.56 Å². The highest BCUT2D eigenvalue weighted by Crippen LogP contribution is 2.35. The van der Waals surface area contributed by atoms with E-state index in [1.165, 1.54) is 0 Å². The van der Waals surface area contributed by atoms with Crippen molar-refractivity contribution in [2.75, 3.05) is 35.8 Å². The zero-order valence-electron chi connectivity index (χ0n) is 16.0. The summed E-state index contributed by atoms with van der Waals surface area (Å²) in [6.45, 7) is 6.11. The van der Waals surface area contributed by atoms with Crippen LogP contribution in [0.4, 0.5) is 11.4 Å². The first-order valence-corrected chi connectivity index (χ1v) is 11.1. The van der Waals surface area contributed by atoms with Gasteiger partial charge in [0.2, 0.25) is 5.91 Å². The first kappa shape index (κ1) is 20.5. The van der Waals surface area contributed by atoms with Crippen LogP contribution in [0, 0.1) is 6.92 Å². The van der Waals surface area contributed by atoms with E-state index in [-0.39, 0.29) is 10.8 Å². The van der Waals surface area contributed by atoms with Crippen molar-refractivity contribution in [3.8, 4) is 0 Å². The molecule has 2 aromatic rings. The lowest BCUT2D eigenvalue weighted by atomic mass is 10.2. The van der Waals surface area contributed by atoms with E-state index >= 15 is 0 Å². The Labute approximate surface area is 171 Å². The van der Waals surface area contributed by atoms with Crippen molar-refractivity contribution in [1.29, 1.82) is 0 Å². The van der Waals surface area contributed by atoms with Gasteiger partial charge in [0.05, 0.1) is 21.3 Å². The van der Waals surface area contributed by atoms with Crippen LogP contribution < -0.4 is 9.62 Å². The van der Waals surface area contributed by atoms with E-state index in [4.69, 9.17) is 11.6 Å². The van der Waals surface area contributed by atoms with Gasteiger partial charge in [0.25, 0.3) is 10.0 Å². The summed E-state index contributed by atoms with van der Waals surface area (Å²) in [5.74, 6) is 0.124. The largest absolute Gasteiger partial charge is 0.365 e. The fourth-order valence-electron chi connectivity index (χ4n) is 3.24. The molecule has 150 valence electrons. The number of rotatable bonds is 5. The first-order chi connectivity index (χ1) is 13.3. The Morgan fingerprint density at radius 2 is 1.71 bits per heavy atom. The second-order valence-electron chi connectivity index (χ2n) is 6.78. The second-order valence-corrected chi connectivity index (χ2v) is 8.87. The maximum Gasteiger partial charge on any atom is 0.261 e. The number of nitrogens with one attached hydrogen (secondary N) is 1. The van der Waals surface area contributed by atoms with Crippen molar-refractivity contribution in [2.45, 2.75) is 25.2 Å². The van der Waals surface area contributed by atoms with Gasteiger partial charge in [0, 0.05) is 32.6 Å². The lowest BCUT2D eigenvalue weighted by Gasteiger charge is -2.37. The summed E-state index contributed by atoms with van der Waals surface area (Å²) in [6.07, 6.45) is 0.480. The molecule has 0 atom stereocenters. The highest BCUT2D eigenvalue weighted by atomic mass is 35.5. The molecule has 1 N–H and O–H groups in total. The molecule has 0 bridgehead atoms. The molecule has 0 saturated carbocycles. The maximum absolute atomic E-state index is 12.8. The van der Waals surface area contributed by atoms with Crippen molar-refractivity contribution in [3.05, 3.63) is 53.1 Å². The predicted octanol–water partition coefficient (Wildman–Crippen LogP) is 3.51. The van der Waals surface area contributed by atoms with Crippen LogP contribution in [0.5, 0.6) is 0 Å². The number of halogens is 1. The van der Waals surface area contributed by atoms with Crippen LogP contribution >= 0.6 is 11.6 Å². The molecule has 28 heavy (non-hydrogen) atoms. The van der Waals surface area contributed by atoms with Crippen LogP contribution in [0.25, 0.3) is 0 Å². The van der Waals surface area contributed by atoms with E-state index in [1.54, 1.807) is 42.5 Å². The summed E-state index contributed by atoms with van der Waals surface area (Å²) < 4.78 is 28.3. The molecule has 1 amide bonds. The van der Waals surface area contributed by atoms with Gasteiger partial charge in [-0.15, -0.1) is 0 Å². The minimum Gasteiger partial charge on any atom is -0.365 e. The molecule has 0 aliphatic carbocycles. The van der Waals surface area contributed by atoms with Crippen LogP contribution in [-0.2, 0) is 14.8 Å². The predicted molar refractivity (Wildman–Crippen MR) is 113 cm³/mol. The smallest absolute Gasteiger partial charge is 0.261 e. The number of para-hydroxylation sites is 1. The van der Waals surface area contributed by atoms with Crippen LogP contribution in [0.3, 0.4) is 0 Å². The van der Waals surface area contributed by atoms with Crippen LogP contribution in [-0.4, -0.2) is 45.4 Å². The second kappa shape index (κ2) is 8.41. The SMILES string of the molecule is CCC(=O)N1CCN(c2c(Cl)cccc2NS(=O)(=O)c2ccc(C)cc2)CC1. The molecule has 2 aromatic carbocycles. The number of carbonyl (C=O) groups is 1. The van der Waals surface area contributed by atoms with Gasteiger partial charge in [-0.25, -0.2) is 8.42 Å². The van der Waals surface area contributed by atoms with Gasteiger partial charge in [-0.1, -0.05) is 42.3 Å². The number of amides is 1. The number of anilines is 2. The third-order valence-corrected chi connectivity index (χ3v) is 6.50. The number of carbonyl (C=O) groups excluding carboxylic acids is 1. The quantitative estimate of drug-likeness (QED) is 0.802. The summed E-state index contributed by atoms with van der Waals surface area (Å²) in [5.41, 5.74) is 2.06. The van der Waals surface area contributed by atoms with Crippen molar-refractivity contribution in [3.63, 3.8) is 0 Å². The van der Waals surface area contributed by atoms with Gasteiger partial charge in [-0.3, -0.25) is 9.52 Å². The van der Waals surface area contributed by atoms with Crippen LogP contribution in [0.15, 0.2) is 47.4 Å². The van der Waals surface area contributed by atoms with Crippen molar-refractivity contribution in [2.24, 2.45) is 0 Å². The zero-order chi connectivity index (χ0) is 20.3. The molecule has 1 saturated heterocycles. The summed E-state index contributed by atoms with van der Waals surface area (Å²) >= 11 is 6.43. The molecule has 1 fully saturated rings. The Kier molecular flexibility index (Phi) is 6.15. The summed E-state index contributed by atoms with van der Waals surface area (Å²) in [4.78, 5) is 15.9. The monoisotopic (exact) mass is 421 g/mol. The van der Waals surface area contributed by atoms with E-state index < -0.39 is 10.0 Å². The molecule has 0 aromatic heterocycles. The molecule has 3 rings (SSSR count). The number of nitrogens with zero attached hydrogens (tertiary/aromatic N) is 2. The highest BCUT2D eigenvalue weighted by Gasteiger charge is 2.25. The van der Waals surface area contributed by atoms with Crippen molar-refractivity contribution in [1.82, 2.24) is 4.90 Å². The minimum atomic E-state index is -3.74. The lowest BCUT2D eigenvalue weighted by molar-refractivity contribution is -0.131. The number of hydrogen-bond acceptors (Lipinski definition) is 4. The Hall–Kier alpha value is -2.25. The molecular formula is C20H24ClN3O3S. The van der Waals surface area contributed by atoms with Crippen molar-refractivity contribution < 1.29 is 13.2 Å². The Morgan fingerprint density at radius 1 is 1.07 bits per heavy atom. The number of benzene rings is 2. The molecule has 1 heterocycles. The molecule has 6 nitrogen and oxygen atoms in total. The zero-order valence-corrected chi connectivity index (χ0v) is 17.6. The number of aryl methyl sites for hydroxylation is 1. The maximum atomic E-state index is 12.8. The third-order valence-electron chi connectivity index (χ3n) is 4.81. The van der Waals surface area contributed by atoms with Gasteiger partial charge < -0.3 is 9.80 Å². The van der Waals surface area contributed by atoms with Gasteiger partial charge in [-0.2, -0.15) is 0 Å². The Balaban J connectivity index is 1.85. The van der Waals surface area contributed by atoms with E-state index in [0.29, 0.717) is 49.0 Å². The van der Waals surface area contributed by atoms with E-state index in [9.17, 15) is 13.2 Å². The average Bonchev–Trinajstić information content (AvgIpc) is 2.68. The molecule has 1 aliphatic rings. The van der Waals surface area contributed by atoms with E-state index in [1.807, 2.05) is 23.6 Å². The number of sulfonamides is 1. The van der Waals surface area contributed by atoms with Gasteiger partial charge in [-0.05, 0) is 31.2 Å². The summed E-state index contributed by atoms with van der Waals surface area (Å²) in [7, 11) is -3.74. The van der Waals surface area contributed by atoms with Gasteiger partial charge in [0.15, 0.2) is 0 Å². The molecule has 0 unspecified atom stereocenters. The average molecular weight is 422 g/mol. The highest BCUT2D eigenvalue weighted by molar-refractivity contribution is 7.92.